The van der Waals surface area contributed by atoms with Crippen molar-refractivity contribution in [3.8, 4) is 5.75 Å². The maximum absolute atomic E-state index is 14.3. The molecule has 0 aliphatic carbocycles. The van der Waals surface area contributed by atoms with Crippen molar-refractivity contribution in [1.82, 2.24) is 9.80 Å². The SMILES string of the molecule is CC1CC(C)CN(C2=C(c3ccc(OC(C)C)cc3)C(=O)N(Cc3ccccc3F)C2=O)C1. The smallest absolute Gasteiger partial charge is 0.278 e. The number of carbonyl (C=O) groups is 2. The summed E-state index contributed by atoms with van der Waals surface area (Å²) in [5.41, 5.74) is 1.79. The van der Waals surface area contributed by atoms with Crippen LogP contribution in [-0.4, -0.2) is 40.8 Å². The van der Waals surface area contributed by atoms with Gasteiger partial charge in [-0.1, -0.05) is 44.2 Å². The number of hydrogen-bond acceptors (Lipinski definition) is 4. The molecule has 2 heterocycles. The summed E-state index contributed by atoms with van der Waals surface area (Å²) in [5, 5.41) is 0. The number of hydrogen-bond donors (Lipinski definition) is 0. The van der Waals surface area contributed by atoms with Crippen LogP contribution in [0.3, 0.4) is 0 Å². The van der Waals surface area contributed by atoms with E-state index in [0.29, 0.717) is 53.1 Å². The Hall–Kier alpha value is -3.15. The van der Waals surface area contributed by atoms with Crippen molar-refractivity contribution in [2.45, 2.75) is 46.8 Å². The summed E-state index contributed by atoms with van der Waals surface area (Å²) in [5.74, 6) is 0.351. The highest BCUT2D eigenvalue weighted by atomic mass is 19.1. The molecule has 2 aromatic carbocycles. The van der Waals surface area contributed by atoms with Gasteiger partial charge in [0.1, 0.15) is 17.3 Å². The molecule has 33 heavy (non-hydrogen) atoms. The zero-order valence-corrected chi connectivity index (χ0v) is 19.7. The molecule has 6 heteroatoms. The van der Waals surface area contributed by atoms with Gasteiger partial charge in [0, 0.05) is 18.7 Å². The van der Waals surface area contributed by atoms with Crippen molar-refractivity contribution in [3.05, 3.63) is 71.2 Å². The molecule has 174 valence electrons. The maximum Gasteiger partial charge on any atom is 0.278 e. The summed E-state index contributed by atoms with van der Waals surface area (Å²) in [6.07, 6.45) is 1.12. The van der Waals surface area contributed by atoms with Gasteiger partial charge >= 0.3 is 0 Å². The number of piperidine rings is 1. The molecule has 0 bridgehead atoms. The first kappa shape index (κ1) is 23.0. The van der Waals surface area contributed by atoms with E-state index in [0.717, 1.165) is 6.42 Å². The zero-order chi connectivity index (χ0) is 23.7. The van der Waals surface area contributed by atoms with E-state index >= 15 is 0 Å². The standard InChI is InChI=1S/C27H31FN2O3/c1-17(2)33-22-11-9-20(10-12-22)24-25(29-14-18(3)13-19(4)15-29)27(32)30(26(24)31)16-21-7-5-6-8-23(21)28/h5-12,17-19H,13-16H2,1-4H3. The average Bonchev–Trinajstić information content (AvgIpc) is 2.99. The topological polar surface area (TPSA) is 49.9 Å². The highest BCUT2D eigenvalue weighted by molar-refractivity contribution is 6.35. The second-order valence-corrected chi connectivity index (χ2v) is 9.55. The lowest BCUT2D eigenvalue weighted by Gasteiger charge is -2.37. The molecule has 0 aromatic heterocycles. The van der Waals surface area contributed by atoms with Crippen molar-refractivity contribution < 1.29 is 18.7 Å². The van der Waals surface area contributed by atoms with Crippen molar-refractivity contribution in [2.75, 3.05) is 13.1 Å². The van der Waals surface area contributed by atoms with Gasteiger partial charge < -0.3 is 9.64 Å². The second kappa shape index (κ2) is 9.38. The second-order valence-electron chi connectivity index (χ2n) is 9.55. The van der Waals surface area contributed by atoms with Gasteiger partial charge in [-0.25, -0.2) is 4.39 Å². The molecule has 2 unspecified atom stereocenters. The number of amides is 2. The molecule has 0 spiro atoms. The average molecular weight is 451 g/mol. The van der Waals surface area contributed by atoms with E-state index in [1.54, 1.807) is 18.2 Å². The molecular formula is C27H31FN2O3. The number of benzene rings is 2. The summed E-state index contributed by atoms with van der Waals surface area (Å²) in [7, 11) is 0. The van der Waals surface area contributed by atoms with Crippen LogP contribution < -0.4 is 4.74 Å². The molecule has 0 N–H and O–H groups in total. The third kappa shape index (κ3) is 4.80. The largest absolute Gasteiger partial charge is 0.491 e. The summed E-state index contributed by atoms with van der Waals surface area (Å²) >= 11 is 0. The Bertz CT molecular complexity index is 1070. The van der Waals surface area contributed by atoms with E-state index < -0.39 is 5.82 Å². The molecule has 5 nitrogen and oxygen atoms in total. The number of halogens is 1. The minimum atomic E-state index is -0.427. The first-order valence-corrected chi connectivity index (χ1v) is 11.6. The van der Waals surface area contributed by atoms with Gasteiger partial charge in [0.05, 0.1) is 18.2 Å². The first-order valence-electron chi connectivity index (χ1n) is 11.6. The molecule has 1 saturated heterocycles. The van der Waals surface area contributed by atoms with E-state index in [9.17, 15) is 14.0 Å². The third-order valence-corrected chi connectivity index (χ3v) is 6.13. The van der Waals surface area contributed by atoms with Gasteiger partial charge in [-0.15, -0.1) is 0 Å². The quantitative estimate of drug-likeness (QED) is 0.589. The Morgan fingerprint density at radius 3 is 2.21 bits per heavy atom. The minimum Gasteiger partial charge on any atom is -0.491 e. The maximum atomic E-state index is 14.3. The van der Waals surface area contributed by atoms with Gasteiger partial charge in [-0.05, 0) is 55.9 Å². The van der Waals surface area contributed by atoms with Crippen LogP contribution in [0.2, 0.25) is 0 Å². The number of imide groups is 1. The fourth-order valence-corrected chi connectivity index (χ4v) is 4.88. The minimum absolute atomic E-state index is 0.0351. The molecule has 2 aliphatic rings. The molecule has 2 aliphatic heterocycles. The van der Waals surface area contributed by atoms with E-state index in [-0.39, 0.29) is 24.5 Å². The summed E-state index contributed by atoms with van der Waals surface area (Å²) < 4.78 is 20.1. The Kier molecular flexibility index (Phi) is 6.54. The Labute approximate surface area is 194 Å². The van der Waals surface area contributed by atoms with E-state index in [1.165, 1.54) is 11.0 Å². The summed E-state index contributed by atoms with van der Waals surface area (Å²) in [6, 6.07) is 13.5. The molecule has 4 rings (SSSR count). The third-order valence-electron chi connectivity index (χ3n) is 6.13. The Morgan fingerprint density at radius 1 is 0.970 bits per heavy atom. The zero-order valence-electron chi connectivity index (χ0n) is 19.7. The van der Waals surface area contributed by atoms with Crippen LogP contribution in [0.15, 0.2) is 54.2 Å². The van der Waals surface area contributed by atoms with Gasteiger partial charge in [0.25, 0.3) is 11.8 Å². The molecule has 2 aromatic rings. The normalized spacial score (nSPS) is 21.4. The predicted octanol–water partition coefficient (Wildman–Crippen LogP) is 4.87. The van der Waals surface area contributed by atoms with Crippen LogP contribution in [0.4, 0.5) is 4.39 Å². The Balaban J connectivity index is 1.73. The number of likely N-dealkylation sites (tertiary alicyclic amines) is 1. The number of rotatable bonds is 6. The van der Waals surface area contributed by atoms with Crippen molar-refractivity contribution in [2.24, 2.45) is 11.8 Å². The Morgan fingerprint density at radius 2 is 1.61 bits per heavy atom. The van der Waals surface area contributed by atoms with Crippen molar-refractivity contribution in [3.63, 3.8) is 0 Å². The predicted molar refractivity (Wildman–Crippen MR) is 126 cm³/mol. The number of carbonyl (C=O) groups excluding carboxylic acids is 2. The fraction of sp³-hybridized carbons (Fsp3) is 0.407. The van der Waals surface area contributed by atoms with Crippen LogP contribution in [0.5, 0.6) is 5.75 Å². The van der Waals surface area contributed by atoms with Gasteiger partial charge in [-0.3, -0.25) is 14.5 Å². The van der Waals surface area contributed by atoms with Crippen LogP contribution in [0, 0.1) is 17.7 Å². The lowest BCUT2D eigenvalue weighted by Crippen LogP contribution is -2.41. The van der Waals surface area contributed by atoms with E-state index in [1.807, 2.05) is 43.0 Å². The van der Waals surface area contributed by atoms with Gasteiger partial charge in [0.2, 0.25) is 0 Å². The monoisotopic (exact) mass is 450 g/mol. The highest BCUT2D eigenvalue weighted by Crippen LogP contribution is 2.36. The van der Waals surface area contributed by atoms with Gasteiger partial charge in [0.15, 0.2) is 0 Å². The summed E-state index contributed by atoms with van der Waals surface area (Å²) in [6.45, 7) is 9.57. The number of ether oxygens (including phenoxy) is 1. The number of nitrogens with zero attached hydrogens (tertiary/aromatic N) is 2. The van der Waals surface area contributed by atoms with Crippen molar-refractivity contribution in [1.29, 1.82) is 0 Å². The molecule has 1 fully saturated rings. The van der Waals surface area contributed by atoms with E-state index in [4.69, 9.17) is 4.74 Å². The first-order chi connectivity index (χ1) is 15.7. The van der Waals surface area contributed by atoms with Crippen molar-refractivity contribution >= 4 is 17.4 Å². The molecule has 2 atom stereocenters. The van der Waals surface area contributed by atoms with Crippen LogP contribution in [0.25, 0.3) is 5.57 Å². The molecular weight excluding hydrogens is 419 g/mol. The molecule has 0 radical (unpaired) electrons. The van der Waals surface area contributed by atoms with Crippen LogP contribution >= 0.6 is 0 Å². The fourth-order valence-electron chi connectivity index (χ4n) is 4.88. The van der Waals surface area contributed by atoms with Gasteiger partial charge in [-0.2, -0.15) is 0 Å². The van der Waals surface area contributed by atoms with Crippen LogP contribution in [-0.2, 0) is 16.1 Å². The molecule has 2 amide bonds. The van der Waals surface area contributed by atoms with Crippen LogP contribution in [0.1, 0.15) is 45.2 Å². The van der Waals surface area contributed by atoms with E-state index in [2.05, 4.69) is 13.8 Å². The highest BCUT2D eigenvalue weighted by Gasteiger charge is 2.43. The summed E-state index contributed by atoms with van der Waals surface area (Å²) in [4.78, 5) is 30.4. The lowest BCUT2D eigenvalue weighted by atomic mass is 9.91. The lowest BCUT2D eigenvalue weighted by molar-refractivity contribution is -0.138. The molecule has 0 saturated carbocycles.